The van der Waals surface area contributed by atoms with Gasteiger partial charge in [0.15, 0.2) is 0 Å². The number of hydrogen-bond acceptors (Lipinski definition) is 5. The van der Waals surface area contributed by atoms with E-state index in [4.69, 9.17) is 0 Å². The first-order valence-electron chi connectivity index (χ1n) is 9.85. The third kappa shape index (κ3) is 5.11. The van der Waals surface area contributed by atoms with E-state index >= 15 is 0 Å². The zero-order chi connectivity index (χ0) is 20.9. The highest BCUT2D eigenvalue weighted by Crippen LogP contribution is 2.23. The van der Waals surface area contributed by atoms with Crippen LogP contribution in [0.15, 0.2) is 4.90 Å². The lowest BCUT2D eigenvalue weighted by atomic mass is 9.96. The van der Waals surface area contributed by atoms with Crippen LogP contribution in [0.3, 0.4) is 0 Å². The van der Waals surface area contributed by atoms with Gasteiger partial charge in [-0.25, -0.2) is 13.2 Å². The summed E-state index contributed by atoms with van der Waals surface area (Å²) in [5.74, 6) is -0.536. The van der Waals surface area contributed by atoms with E-state index in [9.17, 15) is 18.0 Å². The molecule has 1 saturated carbocycles. The lowest BCUT2D eigenvalue weighted by Gasteiger charge is -2.22. The van der Waals surface area contributed by atoms with Crippen molar-refractivity contribution in [1.29, 1.82) is 0 Å². The number of rotatable bonds is 7. The molecule has 0 spiro atoms. The molecule has 28 heavy (non-hydrogen) atoms. The predicted molar refractivity (Wildman–Crippen MR) is 105 cm³/mol. The fourth-order valence-electron chi connectivity index (χ4n) is 3.67. The largest absolute Gasteiger partial charge is 0.335 e. The topological polar surface area (TPSA) is 113 Å². The number of nitrogens with one attached hydrogen (secondary N) is 2. The molecule has 0 bridgehead atoms. The summed E-state index contributed by atoms with van der Waals surface area (Å²) in [7, 11) is -3.68. The highest BCUT2D eigenvalue weighted by atomic mass is 32.2. The molecular formula is C18H31N5O4S. The van der Waals surface area contributed by atoms with E-state index in [0.717, 1.165) is 25.7 Å². The van der Waals surface area contributed by atoms with Crippen LogP contribution in [-0.2, 0) is 21.4 Å². The van der Waals surface area contributed by atoms with E-state index in [2.05, 4.69) is 15.7 Å². The highest BCUT2D eigenvalue weighted by Gasteiger charge is 2.29. The second-order valence-corrected chi connectivity index (χ2v) is 8.98. The molecule has 158 valence electrons. The van der Waals surface area contributed by atoms with Gasteiger partial charge in [0.2, 0.25) is 15.9 Å². The van der Waals surface area contributed by atoms with E-state index in [1.807, 2.05) is 0 Å². The standard InChI is InChI=1S/C18H31N5O4S/c1-5-22(6-2)28(26,27)17-13(3)21-23(14(17)4)12-16(24)20-18(25)19-15-10-8-7-9-11-15/h15H,5-12H2,1-4H3,(H2,19,20,24,25). The van der Waals surface area contributed by atoms with Gasteiger partial charge < -0.3 is 5.32 Å². The first-order valence-corrected chi connectivity index (χ1v) is 11.3. The summed E-state index contributed by atoms with van der Waals surface area (Å²) in [4.78, 5) is 24.4. The fraction of sp³-hybridized carbons (Fsp3) is 0.722. The molecule has 0 unspecified atom stereocenters. The summed E-state index contributed by atoms with van der Waals surface area (Å²) in [6.45, 7) is 7.25. The molecule has 2 N–H and O–H groups in total. The van der Waals surface area contributed by atoms with Crippen LogP contribution in [0, 0.1) is 13.8 Å². The van der Waals surface area contributed by atoms with Gasteiger partial charge in [-0.1, -0.05) is 33.1 Å². The van der Waals surface area contributed by atoms with Gasteiger partial charge in [-0.3, -0.25) is 14.8 Å². The second-order valence-electron chi connectivity index (χ2n) is 7.10. The molecule has 1 aromatic rings. The van der Waals surface area contributed by atoms with Crippen LogP contribution < -0.4 is 10.6 Å². The predicted octanol–water partition coefficient (Wildman–Crippen LogP) is 1.69. The lowest BCUT2D eigenvalue weighted by molar-refractivity contribution is -0.120. The van der Waals surface area contributed by atoms with Gasteiger partial charge in [-0.15, -0.1) is 0 Å². The summed E-state index contributed by atoms with van der Waals surface area (Å²) >= 11 is 0. The van der Waals surface area contributed by atoms with Gasteiger partial charge in [0.25, 0.3) is 0 Å². The van der Waals surface area contributed by atoms with E-state index in [-0.39, 0.29) is 17.5 Å². The quantitative estimate of drug-likeness (QED) is 0.706. The molecule has 1 aliphatic rings. The molecule has 0 saturated heterocycles. The van der Waals surface area contributed by atoms with Crippen molar-refractivity contribution in [3.05, 3.63) is 11.4 Å². The Morgan fingerprint density at radius 2 is 1.75 bits per heavy atom. The first-order chi connectivity index (χ1) is 13.2. The number of urea groups is 1. The number of aromatic nitrogens is 2. The third-order valence-electron chi connectivity index (χ3n) is 5.11. The SMILES string of the molecule is CCN(CC)S(=O)(=O)c1c(C)nn(CC(=O)NC(=O)NC2CCCCC2)c1C. The molecule has 0 aromatic carbocycles. The van der Waals surface area contributed by atoms with E-state index in [1.165, 1.54) is 15.4 Å². The summed E-state index contributed by atoms with van der Waals surface area (Å²) in [6, 6.07) is -0.421. The second kappa shape index (κ2) is 9.51. The van der Waals surface area contributed by atoms with Gasteiger partial charge >= 0.3 is 6.03 Å². The first kappa shape index (κ1) is 22.4. The van der Waals surface area contributed by atoms with Gasteiger partial charge in [-0.05, 0) is 26.7 Å². The van der Waals surface area contributed by atoms with E-state index in [0.29, 0.717) is 24.5 Å². The summed E-state index contributed by atoms with van der Waals surface area (Å²) in [5.41, 5.74) is 0.719. The molecule has 1 fully saturated rings. The van der Waals surface area contributed by atoms with Gasteiger partial charge in [0.05, 0.1) is 11.4 Å². The van der Waals surface area contributed by atoms with Crippen molar-refractivity contribution in [2.24, 2.45) is 0 Å². The maximum Gasteiger partial charge on any atom is 0.321 e. The zero-order valence-electron chi connectivity index (χ0n) is 17.1. The molecule has 1 heterocycles. The maximum atomic E-state index is 12.8. The van der Waals surface area contributed by atoms with Crippen LogP contribution in [0.5, 0.6) is 0 Å². The van der Waals surface area contributed by atoms with Crippen LogP contribution in [0.4, 0.5) is 4.79 Å². The Labute approximate surface area is 166 Å². The maximum absolute atomic E-state index is 12.8. The Morgan fingerprint density at radius 1 is 1.14 bits per heavy atom. The van der Waals surface area contributed by atoms with Crippen molar-refractivity contribution in [1.82, 2.24) is 24.7 Å². The van der Waals surface area contributed by atoms with Gasteiger partial charge in [-0.2, -0.15) is 9.40 Å². The molecule has 9 nitrogen and oxygen atoms in total. The average Bonchev–Trinajstić information content (AvgIpc) is 2.90. The minimum Gasteiger partial charge on any atom is -0.335 e. The number of sulfonamides is 1. The Hall–Kier alpha value is -1.94. The van der Waals surface area contributed by atoms with E-state index < -0.39 is 22.0 Å². The Bertz CT molecular complexity index is 808. The molecule has 0 atom stereocenters. The van der Waals surface area contributed by atoms with Crippen LogP contribution in [0.25, 0.3) is 0 Å². The summed E-state index contributed by atoms with van der Waals surface area (Å²) < 4.78 is 28.4. The number of imide groups is 1. The number of hydrogen-bond donors (Lipinski definition) is 2. The van der Waals surface area contributed by atoms with Gasteiger partial charge in [0, 0.05) is 19.1 Å². The van der Waals surface area contributed by atoms with Crippen LogP contribution in [-0.4, -0.2) is 53.6 Å². The molecule has 0 aliphatic heterocycles. The molecule has 1 aromatic heterocycles. The van der Waals surface area contributed by atoms with Crippen molar-refractivity contribution in [2.75, 3.05) is 13.1 Å². The van der Waals surface area contributed by atoms with Crippen LogP contribution >= 0.6 is 0 Å². The number of carbonyl (C=O) groups is 2. The smallest absolute Gasteiger partial charge is 0.321 e. The Morgan fingerprint density at radius 3 is 2.32 bits per heavy atom. The van der Waals surface area contributed by atoms with Crippen molar-refractivity contribution in [2.45, 2.75) is 77.3 Å². The van der Waals surface area contributed by atoms with Crippen LogP contribution in [0.1, 0.15) is 57.3 Å². The minimum atomic E-state index is -3.68. The van der Waals surface area contributed by atoms with Crippen molar-refractivity contribution in [3.63, 3.8) is 0 Å². The molecule has 3 amide bonds. The number of nitrogens with zero attached hydrogens (tertiary/aromatic N) is 3. The number of aryl methyl sites for hydroxylation is 1. The molecule has 0 radical (unpaired) electrons. The average molecular weight is 414 g/mol. The number of amides is 3. The lowest BCUT2D eigenvalue weighted by Crippen LogP contribution is -2.46. The zero-order valence-corrected chi connectivity index (χ0v) is 17.9. The number of carbonyl (C=O) groups excluding carboxylic acids is 2. The minimum absolute atomic E-state index is 0.0982. The highest BCUT2D eigenvalue weighted by molar-refractivity contribution is 7.89. The Balaban J connectivity index is 2.06. The normalized spacial score (nSPS) is 15.6. The Kier molecular flexibility index (Phi) is 7.59. The third-order valence-corrected chi connectivity index (χ3v) is 7.41. The van der Waals surface area contributed by atoms with Crippen molar-refractivity contribution >= 4 is 22.0 Å². The summed E-state index contributed by atoms with van der Waals surface area (Å²) in [5, 5.41) is 9.33. The molecular weight excluding hydrogens is 382 g/mol. The van der Waals surface area contributed by atoms with E-state index in [1.54, 1.807) is 27.7 Å². The monoisotopic (exact) mass is 413 g/mol. The molecule has 10 heteroatoms. The van der Waals surface area contributed by atoms with Gasteiger partial charge in [0.1, 0.15) is 11.4 Å². The van der Waals surface area contributed by atoms with Crippen molar-refractivity contribution < 1.29 is 18.0 Å². The fourth-order valence-corrected chi connectivity index (χ4v) is 5.50. The van der Waals surface area contributed by atoms with Crippen LogP contribution in [0.2, 0.25) is 0 Å². The van der Waals surface area contributed by atoms with Crippen molar-refractivity contribution in [3.8, 4) is 0 Å². The summed E-state index contributed by atoms with van der Waals surface area (Å²) in [6.07, 6.45) is 5.18. The molecule has 2 rings (SSSR count). The molecule has 1 aliphatic carbocycles.